The summed E-state index contributed by atoms with van der Waals surface area (Å²) in [7, 11) is 0. The van der Waals surface area contributed by atoms with Gasteiger partial charge in [0.25, 0.3) is 0 Å². The van der Waals surface area contributed by atoms with Crippen LogP contribution < -0.4 is 5.73 Å². The van der Waals surface area contributed by atoms with Gasteiger partial charge in [0, 0.05) is 10.6 Å². The van der Waals surface area contributed by atoms with Crippen LogP contribution in [0.1, 0.15) is 25.3 Å². The first kappa shape index (κ1) is 13.5. The third-order valence-electron chi connectivity index (χ3n) is 3.14. The number of nitrogen functional groups attached to an aromatic ring is 1. The third kappa shape index (κ3) is 2.81. The molecule has 2 aromatic carbocycles. The summed E-state index contributed by atoms with van der Waals surface area (Å²) in [6.45, 7) is 4.42. The van der Waals surface area contributed by atoms with E-state index in [-0.39, 0.29) is 0 Å². The molecule has 0 radical (unpaired) electrons. The average molecular weight is 300 g/mol. The molecule has 0 aliphatic rings. The van der Waals surface area contributed by atoms with E-state index in [9.17, 15) is 0 Å². The highest BCUT2D eigenvalue weighted by Gasteiger charge is 2.06. The summed E-state index contributed by atoms with van der Waals surface area (Å²) in [4.78, 5) is 5.86. The van der Waals surface area contributed by atoms with Gasteiger partial charge in [0.1, 0.15) is 0 Å². The van der Waals surface area contributed by atoms with Gasteiger partial charge in [-0.3, -0.25) is 0 Å². The van der Waals surface area contributed by atoms with E-state index in [0.717, 1.165) is 20.2 Å². The van der Waals surface area contributed by atoms with E-state index in [4.69, 9.17) is 5.73 Å². The Kier molecular flexibility index (Phi) is 3.68. The van der Waals surface area contributed by atoms with Crippen LogP contribution in [-0.4, -0.2) is 4.98 Å². The molecule has 0 aliphatic carbocycles. The Morgan fingerprint density at radius 3 is 2.55 bits per heavy atom. The third-order valence-corrected chi connectivity index (χ3v) is 5.23. The molecule has 3 rings (SSSR count). The van der Waals surface area contributed by atoms with Gasteiger partial charge in [0.15, 0.2) is 4.34 Å². The second kappa shape index (κ2) is 5.46. The molecule has 0 amide bonds. The largest absolute Gasteiger partial charge is 0.399 e. The Bertz CT molecular complexity index is 730. The molecule has 0 unspecified atom stereocenters. The van der Waals surface area contributed by atoms with Crippen LogP contribution in [0.25, 0.3) is 10.2 Å². The molecule has 0 bridgehead atoms. The fraction of sp³-hybridized carbons (Fsp3) is 0.188. The number of hydrogen-bond donors (Lipinski definition) is 1. The smallest absolute Gasteiger partial charge is 0.155 e. The number of nitrogens with two attached hydrogens (primary N) is 1. The Balaban J connectivity index is 1.85. The van der Waals surface area contributed by atoms with Crippen LogP contribution in [0.2, 0.25) is 0 Å². The number of hydrogen-bond acceptors (Lipinski definition) is 4. The number of thiazole rings is 1. The standard InChI is InChI=1S/C16H16N2S2/c1-10(2)11-3-6-13(7-4-11)19-16-18-14-8-5-12(17)9-15(14)20-16/h3-10H,17H2,1-2H3. The molecular weight excluding hydrogens is 284 g/mol. The zero-order valence-electron chi connectivity index (χ0n) is 11.5. The van der Waals surface area contributed by atoms with Gasteiger partial charge in [-0.2, -0.15) is 0 Å². The molecule has 102 valence electrons. The zero-order chi connectivity index (χ0) is 14.1. The first-order chi connectivity index (χ1) is 9.61. The molecule has 0 saturated heterocycles. The average Bonchev–Trinajstić information content (AvgIpc) is 2.80. The molecule has 0 saturated carbocycles. The fourth-order valence-corrected chi connectivity index (χ4v) is 4.07. The zero-order valence-corrected chi connectivity index (χ0v) is 13.1. The molecule has 1 aromatic heterocycles. The first-order valence-electron chi connectivity index (χ1n) is 6.56. The number of anilines is 1. The van der Waals surface area contributed by atoms with Crippen molar-refractivity contribution in [2.24, 2.45) is 0 Å². The van der Waals surface area contributed by atoms with Crippen molar-refractivity contribution in [3.05, 3.63) is 48.0 Å². The molecule has 3 aromatic rings. The summed E-state index contributed by atoms with van der Waals surface area (Å²) in [5.74, 6) is 0.569. The van der Waals surface area contributed by atoms with Crippen LogP contribution in [0, 0.1) is 0 Å². The van der Waals surface area contributed by atoms with Crippen molar-refractivity contribution >= 4 is 39.0 Å². The summed E-state index contributed by atoms with van der Waals surface area (Å²) < 4.78 is 2.20. The Labute approximate surface area is 127 Å². The van der Waals surface area contributed by atoms with Gasteiger partial charge in [-0.15, -0.1) is 11.3 Å². The van der Waals surface area contributed by atoms with Crippen LogP contribution in [0.5, 0.6) is 0 Å². The van der Waals surface area contributed by atoms with E-state index in [2.05, 4.69) is 43.1 Å². The van der Waals surface area contributed by atoms with Gasteiger partial charge in [-0.25, -0.2) is 4.98 Å². The van der Waals surface area contributed by atoms with Gasteiger partial charge < -0.3 is 5.73 Å². The lowest BCUT2D eigenvalue weighted by Crippen LogP contribution is -1.85. The highest BCUT2D eigenvalue weighted by molar-refractivity contribution is 8.01. The minimum Gasteiger partial charge on any atom is -0.399 e. The van der Waals surface area contributed by atoms with Crippen molar-refractivity contribution in [3.63, 3.8) is 0 Å². The van der Waals surface area contributed by atoms with E-state index in [0.29, 0.717) is 5.92 Å². The van der Waals surface area contributed by atoms with Crippen molar-refractivity contribution in [1.82, 2.24) is 4.98 Å². The molecule has 0 fully saturated rings. The molecule has 0 spiro atoms. The highest BCUT2D eigenvalue weighted by Crippen LogP contribution is 2.35. The maximum atomic E-state index is 5.80. The maximum absolute atomic E-state index is 5.80. The van der Waals surface area contributed by atoms with E-state index >= 15 is 0 Å². The number of benzene rings is 2. The summed E-state index contributed by atoms with van der Waals surface area (Å²) in [6.07, 6.45) is 0. The number of rotatable bonds is 3. The molecule has 0 aliphatic heterocycles. The SMILES string of the molecule is CC(C)c1ccc(Sc2nc3ccc(N)cc3s2)cc1. The van der Waals surface area contributed by atoms with E-state index in [1.54, 1.807) is 23.1 Å². The maximum Gasteiger partial charge on any atom is 0.155 e. The quantitative estimate of drug-likeness (QED) is 0.680. The fourth-order valence-electron chi connectivity index (χ4n) is 1.99. The van der Waals surface area contributed by atoms with Gasteiger partial charge in [-0.1, -0.05) is 37.7 Å². The monoisotopic (exact) mass is 300 g/mol. The van der Waals surface area contributed by atoms with Crippen molar-refractivity contribution in [1.29, 1.82) is 0 Å². The van der Waals surface area contributed by atoms with E-state index < -0.39 is 0 Å². The van der Waals surface area contributed by atoms with Crippen molar-refractivity contribution in [3.8, 4) is 0 Å². The highest BCUT2D eigenvalue weighted by atomic mass is 32.2. The second-order valence-electron chi connectivity index (χ2n) is 5.03. The van der Waals surface area contributed by atoms with Crippen LogP contribution in [0.4, 0.5) is 5.69 Å². The van der Waals surface area contributed by atoms with Crippen molar-refractivity contribution in [2.45, 2.75) is 29.0 Å². The van der Waals surface area contributed by atoms with E-state index in [1.807, 2.05) is 18.2 Å². The molecule has 0 atom stereocenters. The summed E-state index contributed by atoms with van der Waals surface area (Å²) in [5.41, 5.74) is 8.98. The summed E-state index contributed by atoms with van der Waals surface area (Å²) >= 11 is 3.39. The second-order valence-corrected chi connectivity index (χ2v) is 7.38. The van der Waals surface area contributed by atoms with Crippen LogP contribution in [-0.2, 0) is 0 Å². The van der Waals surface area contributed by atoms with Gasteiger partial charge in [0.2, 0.25) is 0 Å². The Morgan fingerprint density at radius 2 is 1.85 bits per heavy atom. The topological polar surface area (TPSA) is 38.9 Å². The van der Waals surface area contributed by atoms with Crippen molar-refractivity contribution < 1.29 is 0 Å². The van der Waals surface area contributed by atoms with E-state index in [1.165, 1.54) is 10.5 Å². The summed E-state index contributed by atoms with van der Waals surface area (Å²) in [5, 5.41) is 0. The minimum absolute atomic E-state index is 0.569. The Morgan fingerprint density at radius 1 is 1.10 bits per heavy atom. The van der Waals surface area contributed by atoms with Gasteiger partial charge in [0.05, 0.1) is 10.2 Å². The first-order valence-corrected chi connectivity index (χ1v) is 8.19. The van der Waals surface area contributed by atoms with Gasteiger partial charge in [-0.05, 0) is 41.8 Å². The number of aromatic nitrogens is 1. The molecule has 1 heterocycles. The predicted octanol–water partition coefficient (Wildman–Crippen LogP) is 5.15. The van der Waals surface area contributed by atoms with Gasteiger partial charge >= 0.3 is 0 Å². The molecule has 20 heavy (non-hydrogen) atoms. The van der Waals surface area contributed by atoms with Crippen LogP contribution in [0.15, 0.2) is 51.7 Å². The molecule has 2 nitrogen and oxygen atoms in total. The van der Waals surface area contributed by atoms with Crippen LogP contribution in [0.3, 0.4) is 0 Å². The van der Waals surface area contributed by atoms with Crippen molar-refractivity contribution in [2.75, 3.05) is 5.73 Å². The molecular formula is C16H16N2S2. The lowest BCUT2D eigenvalue weighted by Gasteiger charge is -2.05. The number of fused-ring (bicyclic) bond motifs is 1. The number of nitrogens with zero attached hydrogens (tertiary/aromatic N) is 1. The molecule has 4 heteroatoms. The normalized spacial score (nSPS) is 11.3. The molecule has 2 N–H and O–H groups in total. The Hall–Kier alpha value is -1.52. The van der Waals surface area contributed by atoms with Crippen LogP contribution >= 0.6 is 23.1 Å². The summed E-state index contributed by atoms with van der Waals surface area (Å²) in [6, 6.07) is 14.6. The minimum atomic E-state index is 0.569. The lowest BCUT2D eigenvalue weighted by molar-refractivity contribution is 0.865. The lowest BCUT2D eigenvalue weighted by atomic mass is 10.0. The predicted molar refractivity (Wildman–Crippen MR) is 88.7 cm³/mol.